The van der Waals surface area contributed by atoms with Crippen LogP contribution in [0.3, 0.4) is 0 Å². The zero-order chi connectivity index (χ0) is 19.0. The third-order valence-electron chi connectivity index (χ3n) is 5.16. The van der Waals surface area contributed by atoms with Crippen LogP contribution in [0.15, 0.2) is 30.4 Å². The first-order chi connectivity index (χ1) is 12.3. The molecule has 2 aliphatic carbocycles. The van der Waals surface area contributed by atoms with Gasteiger partial charge in [0, 0.05) is 19.7 Å². The number of hydrogen-bond donors (Lipinski definition) is 2. The Balaban J connectivity index is 1.87. The molecule has 138 valence electrons. The summed E-state index contributed by atoms with van der Waals surface area (Å²) in [5.74, 6) is -2.61. The van der Waals surface area contributed by atoms with Gasteiger partial charge < -0.3 is 20.1 Å². The van der Waals surface area contributed by atoms with Crippen LogP contribution in [0, 0.1) is 23.7 Å². The Morgan fingerprint density at radius 1 is 1.15 bits per heavy atom. The number of carbonyl (C=O) groups excluding carboxylic acids is 2. The van der Waals surface area contributed by atoms with Crippen LogP contribution < -0.4 is 10.1 Å². The Kier molecular flexibility index (Phi) is 4.71. The molecule has 2 bridgehead atoms. The molecule has 0 aliphatic heterocycles. The molecule has 7 nitrogen and oxygen atoms in total. The summed E-state index contributed by atoms with van der Waals surface area (Å²) in [4.78, 5) is 38.1. The largest absolute Gasteiger partial charge is 0.495 e. The Labute approximate surface area is 151 Å². The molecule has 1 aromatic rings. The molecule has 0 radical (unpaired) electrons. The van der Waals surface area contributed by atoms with Gasteiger partial charge in [0.15, 0.2) is 0 Å². The van der Waals surface area contributed by atoms with E-state index in [0.717, 1.165) is 0 Å². The fourth-order valence-corrected chi connectivity index (χ4v) is 3.93. The molecule has 1 aromatic carbocycles. The van der Waals surface area contributed by atoms with Crippen molar-refractivity contribution in [3.05, 3.63) is 35.9 Å². The maximum Gasteiger partial charge on any atom is 0.307 e. The minimum atomic E-state index is -0.953. The second kappa shape index (κ2) is 6.82. The fourth-order valence-electron chi connectivity index (χ4n) is 3.93. The molecule has 0 saturated heterocycles. The van der Waals surface area contributed by atoms with Gasteiger partial charge in [-0.2, -0.15) is 0 Å². The second-order valence-corrected chi connectivity index (χ2v) is 6.94. The molecule has 2 N–H and O–H groups in total. The summed E-state index contributed by atoms with van der Waals surface area (Å²) in [6.45, 7) is 0. The highest BCUT2D eigenvalue weighted by molar-refractivity contribution is 6.00. The summed E-state index contributed by atoms with van der Waals surface area (Å²) in [6.07, 6.45) is 4.51. The first-order valence-electron chi connectivity index (χ1n) is 8.45. The van der Waals surface area contributed by atoms with Crippen LogP contribution in [0.5, 0.6) is 5.75 Å². The molecule has 1 saturated carbocycles. The number of carboxylic acid groups (broad SMARTS) is 1. The molecule has 2 aliphatic rings. The zero-order valence-corrected chi connectivity index (χ0v) is 14.9. The number of hydrogen-bond acceptors (Lipinski definition) is 4. The van der Waals surface area contributed by atoms with E-state index in [9.17, 15) is 19.5 Å². The smallest absolute Gasteiger partial charge is 0.307 e. The van der Waals surface area contributed by atoms with Gasteiger partial charge in [0.1, 0.15) is 5.75 Å². The van der Waals surface area contributed by atoms with Crippen molar-refractivity contribution in [2.24, 2.45) is 23.7 Å². The number of aliphatic carboxylic acids is 1. The van der Waals surface area contributed by atoms with Crippen LogP contribution in [0.1, 0.15) is 16.8 Å². The molecule has 26 heavy (non-hydrogen) atoms. The average molecular weight is 358 g/mol. The van der Waals surface area contributed by atoms with Crippen LogP contribution in [0.2, 0.25) is 0 Å². The van der Waals surface area contributed by atoms with Gasteiger partial charge in [0.2, 0.25) is 5.91 Å². The zero-order valence-electron chi connectivity index (χ0n) is 14.9. The van der Waals surface area contributed by atoms with Gasteiger partial charge in [-0.15, -0.1) is 0 Å². The van der Waals surface area contributed by atoms with E-state index in [0.29, 0.717) is 23.4 Å². The van der Waals surface area contributed by atoms with E-state index in [-0.39, 0.29) is 23.7 Å². The Bertz CT molecular complexity index is 786. The summed E-state index contributed by atoms with van der Waals surface area (Å²) >= 11 is 0. The maximum absolute atomic E-state index is 12.8. The topological polar surface area (TPSA) is 95.9 Å². The fraction of sp³-hybridized carbons (Fsp3) is 0.421. The minimum absolute atomic E-state index is 0.0707. The van der Waals surface area contributed by atoms with Crippen molar-refractivity contribution in [2.45, 2.75) is 6.42 Å². The molecule has 0 heterocycles. The number of rotatable bonds is 5. The van der Waals surface area contributed by atoms with Crippen molar-refractivity contribution in [3.8, 4) is 5.75 Å². The highest BCUT2D eigenvalue weighted by Gasteiger charge is 2.51. The normalized spacial score (nSPS) is 25.8. The van der Waals surface area contributed by atoms with E-state index in [1.165, 1.54) is 12.0 Å². The highest BCUT2D eigenvalue weighted by atomic mass is 16.5. The van der Waals surface area contributed by atoms with Gasteiger partial charge in [-0.3, -0.25) is 14.4 Å². The molecule has 0 aromatic heterocycles. The van der Waals surface area contributed by atoms with Gasteiger partial charge >= 0.3 is 5.97 Å². The molecule has 1 fully saturated rings. The molecule has 3 rings (SSSR count). The summed E-state index contributed by atoms with van der Waals surface area (Å²) in [7, 11) is 4.76. The molecule has 2 amide bonds. The summed E-state index contributed by atoms with van der Waals surface area (Å²) in [5.41, 5.74) is 0.773. The number of carboxylic acids is 1. The maximum atomic E-state index is 12.8. The Morgan fingerprint density at radius 3 is 2.38 bits per heavy atom. The number of carbonyl (C=O) groups is 3. The van der Waals surface area contributed by atoms with E-state index < -0.39 is 17.8 Å². The lowest BCUT2D eigenvalue weighted by atomic mass is 9.82. The van der Waals surface area contributed by atoms with Gasteiger partial charge in [-0.05, 0) is 36.5 Å². The highest BCUT2D eigenvalue weighted by Crippen LogP contribution is 2.48. The summed E-state index contributed by atoms with van der Waals surface area (Å²) in [6, 6.07) is 4.79. The molecule has 7 heteroatoms. The number of nitrogens with one attached hydrogen (secondary N) is 1. The van der Waals surface area contributed by atoms with E-state index in [2.05, 4.69) is 5.32 Å². The predicted molar refractivity (Wildman–Crippen MR) is 95.0 cm³/mol. The van der Waals surface area contributed by atoms with Crippen LogP contribution >= 0.6 is 0 Å². The molecule has 4 unspecified atom stereocenters. The SMILES string of the molecule is COc1ccc(C(=O)N(C)C)cc1NC(=O)C1C2C=CC(C2)C1C(=O)O. The van der Waals surface area contributed by atoms with Crippen LogP contribution in [0.25, 0.3) is 0 Å². The molecule has 0 spiro atoms. The predicted octanol–water partition coefficient (Wildman–Crippen LogP) is 1.86. The number of amides is 2. The lowest BCUT2D eigenvalue weighted by Gasteiger charge is -2.24. The lowest BCUT2D eigenvalue weighted by Crippen LogP contribution is -2.36. The van der Waals surface area contributed by atoms with Crippen molar-refractivity contribution in [1.29, 1.82) is 0 Å². The standard InChI is InChI=1S/C19H22N2O5/c1-21(2)18(23)12-6-7-14(26-3)13(9-12)20-17(22)15-10-4-5-11(8-10)16(15)19(24)25/h4-7,9-11,15-16H,8H2,1-3H3,(H,20,22)(H,24,25). The molecular weight excluding hydrogens is 336 g/mol. The number of allylic oxidation sites excluding steroid dienone is 2. The quantitative estimate of drug-likeness (QED) is 0.783. The van der Waals surface area contributed by atoms with Crippen LogP contribution in [-0.2, 0) is 9.59 Å². The first kappa shape index (κ1) is 18.0. The first-order valence-corrected chi connectivity index (χ1v) is 8.45. The Morgan fingerprint density at radius 2 is 1.81 bits per heavy atom. The summed E-state index contributed by atoms with van der Waals surface area (Å²) < 4.78 is 5.27. The van der Waals surface area contributed by atoms with Crippen molar-refractivity contribution >= 4 is 23.5 Å². The minimum Gasteiger partial charge on any atom is -0.495 e. The van der Waals surface area contributed by atoms with Gasteiger partial charge in [-0.1, -0.05) is 12.2 Å². The number of nitrogens with zero attached hydrogens (tertiary/aromatic N) is 1. The van der Waals surface area contributed by atoms with Crippen molar-refractivity contribution in [3.63, 3.8) is 0 Å². The van der Waals surface area contributed by atoms with Crippen molar-refractivity contribution in [1.82, 2.24) is 4.90 Å². The number of methoxy groups -OCH3 is 1. The van der Waals surface area contributed by atoms with Crippen molar-refractivity contribution < 1.29 is 24.2 Å². The number of anilines is 1. The van der Waals surface area contributed by atoms with Gasteiger partial charge in [-0.25, -0.2) is 0 Å². The van der Waals surface area contributed by atoms with Crippen LogP contribution in [-0.4, -0.2) is 49.0 Å². The average Bonchev–Trinajstić information content (AvgIpc) is 3.22. The van der Waals surface area contributed by atoms with E-state index >= 15 is 0 Å². The van der Waals surface area contributed by atoms with Crippen LogP contribution in [0.4, 0.5) is 5.69 Å². The van der Waals surface area contributed by atoms with E-state index in [1.54, 1.807) is 32.3 Å². The lowest BCUT2D eigenvalue weighted by molar-refractivity contribution is -0.146. The van der Waals surface area contributed by atoms with Crippen molar-refractivity contribution in [2.75, 3.05) is 26.5 Å². The second-order valence-electron chi connectivity index (χ2n) is 6.94. The summed E-state index contributed by atoms with van der Waals surface area (Å²) in [5, 5.41) is 12.3. The van der Waals surface area contributed by atoms with E-state index in [4.69, 9.17) is 4.74 Å². The third-order valence-corrected chi connectivity index (χ3v) is 5.16. The number of fused-ring (bicyclic) bond motifs is 2. The van der Waals surface area contributed by atoms with E-state index in [1.807, 2.05) is 12.2 Å². The third kappa shape index (κ3) is 3.05. The van der Waals surface area contributed by atoms with Gasteiger partial charge in [0.25, 0.3) is 5.91 Å². The van der Waals surface area contributed by atoms with Gasteiger partial charge in [0.05, 0.1) is 24.6 Å². The Hall–Kier alpha value is -2.83. The monoisotopic (exact) mass is 358 g/mol. The molecule has 4 atom stereocenters. The molecular formula is C19H22N2O5. The number of ether oxygens (including phenoxy) is 1. The number of benzene rings is 1.